The summed E-state index contributed by atoms with van der Waals surface area (Å²) in [4.78, 5) is 0. The molecule has 0 spiro atoms. The van der Waals surface area contributed by atoms with Crippen LogP contribution in [0.3, 0.4) is 0 Å². The van der Waals surface area contributed by atoms with E-state index in [1.165, 1.54) is 25.7 Å². The zero-order valence-electron chi connectivity index (χ0n) is 7.88. The van der Waals surface area contributed by atoms with E-state index in [1.807, 2.05) is 0 Å². The van der Waals surface area contributed by atoms with Crippen LogP contribution in [0.5, 0.6) is 0 Å². The van der Waals surface area contributed by atoms with Gasteiger partial charge in [-0.1, -0.05) is 13.3 Å². The van der Waals surface area contributed by atoms with Crippen LogP contribution in [0.1, 0.15) is 32.6 Å². The van der Waals surface area contributed by atoms with Crippen LogP contribution < -0.4 is 5.73 Å². The topological polar surface area (TPSA) is 35.2 Å². The fourth-order valence-electron chi connectivity index (χ4n) is 2.63. The lowest BCUT2D eigenvalue weighted by atomic mass is 9.88. The first-order chi connectivity index (χ1) is 5.77. The highest BCUT2D eigenvalue weighted by molar-refractivity contribution is 5.11. The smallest absolute Gasteiger partial charge is 0.0469 e. The van der Waals surface area contributed by atoms with Crippen LogP contribution >= 0.6 is 0 Å². The minimum Gasteiger partial charge on any atom is -0.381 e. The molecule has 2 heteroatoms. The molecule has 70 valence electrons. The lowest BCUT2D eigenvalue weighted by molar-refractivity contribution is 0.0529. The molecular formula is C10H19NO. The van der Waals surface area contributed by atoms with E-state index in [1.54, 1.807) is 0 Å². The third-order valence-corrected chi connectivity index (χ3v) is 3.67. The van der Waals surface area contributed by atoms with Crippen LogP contribution in [0.25, 0.3) is 0 Å². The van der Waals surface area contributed by atoms with Gasteiger partial charge in [0, 0.05) is 18.8 Å². The van der Waals surface area contributed by atoms with E-state index in [0.717, 1.165) is 25.0 Å². The van der Waals surface area contributed by atoms with E-state index in [9.17, 15) is 0 Å². The largest absolute Gasteiger partial charge is 0.381 e. The van der Waals surface area contributed by atoms with E-state index in [4.69, 9.17) is 10.5 Å². The van der Waals surface area contributed by atoms with Crippen molar-refractivity contribution in [3.63, 3.8) is 0 Å². The van der Waals surface area contributed by atoms with Crippen molar-refractivity contribution in [2.45, 2.75) is 38.1 Å². The molecule has 0 aromatic rings. The summed E-state index contributed by atoms with van der Waals surface area (Å²) in [6.07, 6.45) is 4.89. The van der Waals surface area contributed by atoms with Gasteiger partial charge in [-0.25, -0.2) is 0 Å². The number of ether oxygens (including phenoxy) is 1. The molecule has 1 saturated heterocycles. The number of hydrogen-bond acceptors (Lipinski definition) is 2. The van der Waals surface area contributed by atoms with Crippen molar-refractivity contribution >= 4 is 0 Å². The SMILES string of the molecule is CCC1CC1(N)C1CCOCC1. The summed E-state index contributed by atoms with van der Waals surface area (Å²) in [6.45, 7) is 4.11. The summed E-state index contributed by atoms with van der Waals surface area (Å²) in [5, 5.41) is 0. The average Bonchev–Trinajstić information content (AvgIpc) is 2.81. The van der Waals surface area contributed by atoms with E-state index in [2.05, 4.69) is 6.92 Å². The van der Waals surface area contributed by atoms with Crippen LogP contribution in [0, 0.1) is 11.8 Å². The molecule has 1 saturated carbocycles. The Kier molecular flexibility index (Phi) is 2.13. The molecule has 2 rings (SSSR count). The second-order valence-electron chi connectivity index (χ2n) is 4.31. The quantitative estimate of drug-likeness (QED) is 0.680. The second kappa shape index (κ2) is 3.00. The van der Waals surface area contributed by atoms with Gasteiger partial charge >= 0.3 is 0 Å². The molecule has 2 aliphatic rings. The first kappa shape index (κ1) is 8.52. The summed E-state index contributed by atoms with van der Waals surface area (Å²) in [6, 6.07) is 0. The van der Waals surface area contributed by atoms with Gasteiger partial charge in [0.1, 0.15) is 0 Å². The van der Waals surface area contributed by atoms with Crippen molar-refractivity contribution in [1.82, 2.24) is 0 Å². The van der Waals surface area contributed by atoms with Gasteiger partial charge in [0.2, 0.25) is 0 Å². The molecule has 2 nitrogen and oxygen atoms in total. The molecule has 12 heavy (non-hydrogen) atoms. The molecule has 2 unspecified atom stereocenters. The van der Waals surface area contributed by atoms with Crippen LogP contribution in [0.4, 0.5) is 0 Å². The fraction of sp³-hybridized carbons (Fsp3) is 1.00. The Morgan fingerprint density at radius 1 is 1.42 bits per heavy atom. The Labute approximate surface area is 74.5 Å². The summed E-state index contributed by atoms with van der Waals surface area (Å²) in [5.74, 6) is 1.55. The van der Waals surface area contributed by atoms with Gasteiger partial charge in [0.25, 0.3) is 0 Å². The first-order valence-electron chi connectivity index (χ1n) is 5.14. The van der Waals surface area contributed by atoms with Gasteiger partial charge in [-0.2, -0.15) is 0 Å². The monoisotopic (exact) mass is 169 g/mol. The molecule has 0 radical (unpaired) electrons. The van der Waals surface area contributed by atoms with Gasteiger partial charge < -0.3 is 10.5 Å². The molecule has 2 N–H and O–H groups in total. The van der Waals surface area contributed by atoms with Crippen molar-refractivity contribution in [2.24, 2.45) is 17.6 Å². The molecule has 2 fully saturated rings. The minimum atomic E-state index is 0.207. The van der Waals surface area contributed by atoms with Crippen LogP contribution in [-0.4, -0.2) is 18.8 Å². The third-order valence-electron chi connectivity index (χ3n) is 3.67. The van der Waals surface area contributed by atoms with Gasteiger partial charge in [-0.3, -0.25) is 0 Å². The molecule has 0 amide bonds. The van der Waals surface area contributed by atoms with E-state index >= 15 is 0 Å². The predicted molar refractivity (Wildman–Crippen MR) is 48.9 cm³/mol. The normalized spacial score (nSPS) is 43.0. The second-order valence-corrected chi connectivity index (χ2v) is 4.31. The van der Waals surface area contributed by atoms with Gasteiger partial charge in [-0.05, 0) is 31.1 Å². The van der Waals surface area contributed by atoms with E-state index in [-0.39, 0.29) is 5.54 Å². The molecule has 1 aliphatic carbocycles. The zero-order chi connectivity index (χ0) is 8.60. The number of hydrogen-bond donors (Lipinski definition) is 1. The Bertz CT molecular complexity index is 165. The summed E-state index contributed by atoms with van der Waals surface area (Å²) in [7, 11) is 0. The number of nitrogens with two attached hydrogens (primary N) is 1. The van der Waals surface area contributed by atoms with Crippen molar-refractivity contribution in [1.29, 1.82) is 0 Å². The summed E-state index contributed by atoms with van der Waals surface area (Å²) >= 11 is 0. The Morgan fingerprint density at radius 3 is 2.58 bits per heavy atom. The van der Waals surface area contributed by atoms with Gasteiger partial charge in [0.15, 0.2) is 0 Å². The Morgan fingerprint density at radius 2 is 2.08 bits per heavy atom. The molecule has 1 heterocycles. The maximum Gasteiger partial charge on any atom is 0.0469 e. The molecule has 0 aromatic carbocycles. The maximum absolute atomic E-state index is 6.32. The zero-order valence-corrected chi connectivity index (χ0v) is 7.88. The Balaban J connectivity index is 1.91. The molecule has 2 atom stereocenters. The molecule has 1 aliphatic heterocycles. The first-order valence-corrected chi connectivity index (χ1v) is 5.14. The molecular weight excluding hydrogens is 150 g/mol. The lowest BCUT2D eigenvalue weighted by Crippen LogP contribution is -2.38. The fourth-order valence-corrected chi connectivity index (χ4v) is 2.63. The van der Waals surface area contributed by atoms with E-state index in [0.29, 0.717) is 0 Å². The Hall–Kier alpha value is -0.0800. The maximum atomic E-state index is 6.32. The molecule has 0 bridgehead atoms. The third kappa shape index (κ3) is 1.27. The average molecular weight is 169 g/mol. The van der Waals surface area contributed by atoms with Crippen molar-refractivity contribution in [2.75, 3.05) is 13.2 Å². The van der Waals surface area contributed by atoms with Crippen molar-refractivity contribution in [3.05, 3.63) is 0 Å². The highest BCUT2D eigenvalue weighted by atomic mass is 16.5. The predicted octanol–water partition coefficient (Wildman–Crippen LogP) is 1.54. The minimum absolute atomic E-state index is 0.207. The van der Waals surface area contributed by atoms with Crippen LogP contribution in [0.2, 0.25) is 0 Å². The highest BCUT2D eigenvalue weighted by Gasteiger charge is 2.54. The highest BCUT2D eigenvalue weighted by Crippen LogP contribution is 2.51. The van der Waals surface area contributed by atoms with Crippen LogP contribution in [0.15, 0.2) is 0 Å². The van der Waals surface area contributed by atoms with Crippen molar-refractivity contribution < 1.29 is 4.74 Å². The lowest BCUT2D eigenvalue weighted by Gasteiger charge is -2.28. The summed E-state index contributed by atoms with van der Waals surface area (Å²) in [5.41, 5.74) is 6.53. The van der Waals surface area contributed by atoms with Crippen LogP contribution in [-0.2, 0) is 4.74 Å². The van der Waals surface area contributed by atoms with E-state index < -0.39 is 0 Å². The number of rotatable bonds is 2. The van der Waals surface area contributed by atoms with Gasteiger partial charge in [-0.15, -0.1) is 0 Å². The van der Waals surface area contributed by atoms with Crippen molar-refractivity contribution in [3.8, 4) is 0 Å². The summed E-state index contributed by atoms with van der Waals surface area (Å²) < 4.78 is 5.34. The van der Waals surface area contributed by atoms with Gasteiger partial charge in [0.05, 0.1) is 0 Å². The molecule has 0 aromatic heterocycles. The standard InChI is InChI=1S/C10H19NO/c1-2-8-7-10(8,11)9-3-5-12-6-4-9/h8-9H,2-7,11H2,1H3.